The first-order chi connectivity index (χ1) is 7.04. The van der Waals surface area contributed by atoms with Gasteiger partial charge in [-0.25, -0.2) is 0 Å². The lowest BCUT2D eigenvalue weighted by molar-refractivity contribution is 0.281. The van der Waals surface area contributed by atoms with Gasteiger partial charge in [0.1, 0.15) is 0 Å². The van der Waals surface area contributed by atoms with E-state index in [9.17, 15) is 0 Å². The molecule has 1 rings (SSSR count). The van der Waals surface area contributed by atoms with Crippen LogP contribution in [-0.4, -0.2) is 18.7 Å². The minimum atomic E-state index is 0.125. The molecule has 0 fully saturated rings. The molecular weight excluding hydrogens is 186 g/mol. The van der Waals surface area contributed by atoms with Gasteiger partial charge in [-0.1, -0.05) is 19.9 Å². The largest absolute Gasteiger partial charge is 0.392 e. The maximum atomic E-state index is 9.08. The molecule has 0 amide bonds. The van der Waals surface area contributed by atoms with Crippen molar-refractivity contribution >= 4 is 5.69 Å². The predicted octanol–water partition coefficient (Wildman–Crippen LogP) is 2.58. The first-order valence-corrected chi connectivity index (χ1v) is 5.46. The molecule has 2 heteroatoms. The molecule has 0 aliphatic heterocycles. The second-order valence-corrected chi connectivity index (χ2v) is 4.54. The maximum absolute atomic E-state index is 9.08. The molecule has 2 nitrogen and oxygen atoms in total. The van der Waals surface area contributed by atoms with E-state index in [1.165, 1.54) is 5.69 Å². The van der Waals surface area contributed by atoms with Crippen LogP contribution in [-0.2, 0) is 6.61 Å². The molecule has 0 spiro atoms. The molecular formula is C13H21NO. The third-order valence-corrected chi connectivity index (χ3v) is 2.58. The minimum absolute atomic E-state index is 0.125. The summed E-state index contributed by atoms with van der Waals surface area (Å²) in [5, 5.41) is 9.08. The molecule has 1 aromatic carbocycles. The number of nitrogens with zero attached hydrogens (tertiary/aromatic N) is 1. The summed E-state index contributed by atoms with van der Waals surface area (Å²) in [7, 11) is 2.10. The molecule has 0 aliphatic rings. The highest BCUT2D eigenvalue weighted by atomic mass is 16.3. The molecule has 0 aliphatic carbocycles. The molecule has 0 bridgehead atoms. The average molecular weight is 207 g/mol. The second kappa shape index (κ2) is 5.17. The van der Waals surface area contributed by atoms with Gasteiger partial charge < -0.3 is 10.0 Å². The summed E-state index contributed by atoms with van der Waals surface area (Å²) in [6.45, 7) is 7.65. The fraction of sp³-hybridized carbons (Fsp3) is 0.538. The van der Waals surface area contributed by atoms with Crippen LogP contribution in [0.25, 0.3) is 0 Å². The second-order valence-electron chi connectivity index (χ2n) is 4.54. The standard InChI is InChI=1S/C13H21NO/c1-10(2)8-14(4)13-6-5-12(9-15)11(3)7-13/h5-7,10,15H,8-9H2,1-4H3. The Labute approximate surface area is 92.5 Å². The molecule has 15 heavy (non-hydrogen) atoms. The van der Waals surface area contributed by atoms with E-state index in [-0.39, 0.29) is 6.61 Å². The van der Waals surface area contributed by atoms with Crippen LogP contribution in [0, 0.1) is 12.8 Å². The number of benzene rings is 1. The third-order valence-electron chi connectivity index (χ3n) is 2.58. The highest BCUT2D eigenvalue weighted by Gasteiger charge is 2.05. The smallest absolute Gasteiger partial charge is 0.0684 e. The summed E-state index contributed by atoms with van der Waals surface area (Å²) < 4.78 is 0. The monoisotopic (exact) mass is 207 g/mol. The number of hydrogen-bond acceptors (Lipinski definition) is 2. The van der Waals surface area contributed by atoms with Gasteiger partial charge in [0.05, 0.1) is 6.61 Å². The van der Waals surface area contributed by atoms with Gasteiger partial charge in [0.25, 0.3) is 0 Å². The van der Waals surface area contributed by atoms with Crippen LogP contribution in [0.4, 0.5) is 5.69 Å². The fourth-order valence-corrected chi connectivity index (χ4v) is 1.75. The summed E-state index contributed by atoms with van der Waals surface area (Å²) >= 11 is 0. The molecule has 0 saturated carbocycles. The van der Waals surface area contributed by atoms with Gasteiger partial charge in [-0.15, -0.1) is 0 Å². The van der Waals surface area contributed by atoms with Crippen LogP contribution in [0.3, 0.4) is 0 Å². The van der Waals surface area contributed by atoms with Gasteiger partial charge >= 0.3 is 0 Å². The Bertz CT molecular complexity index is 320. The Kier molecular flexibility index (Phi) is 4.15. The van der Waals surface area contributed by atoms with Crippen LogP contribution in [0.5, 0.6) is 0 Å². The molecule has 0 saturated heterocycles. The predicted molar refractivity (Wildman–Crippen MR) is 65.2 cm³/mol. The van der Waals surface area contributed by atoms with Gasteiger partial charge in [-0.05, 0) is 36.1 Å². The van der Waals surface area contributed by atoms with Crippen LogP contribution >= 0.6 is 0 Å². The lowest BCUT2D eigenvalue weighted by Crippen LogP contribution is -2.22. The van der Waals surface area contributed by atoms with E-state index in [2.05, 4.69) is 37.9 Å². The first kappa shape index (κ1) is 12.1. The highest BCUT2D eigenvalue weighted by molar-refractivity contribution is 5.50. The Morgan fingerprint density at radius 2 is 2.00 bits per heavy atom. The molecule has 1 N–H and O–H groups in total. The summed E-state index contributed by atoms with van der Waals surface area (Å²) in [5.74, 6) is 0.660. The maximum Gasteiger partial charge on any atom is 0.0684 e. The number of hydrogen-bond donors (Lipinski definition) is 1. The molecule has 0 radical (unpaired) electrons. The number of aryl methyl sites for hydroxylation is 1. The minimum Gasteiger partial charge on any atom is -0.392 e. The zero-order valence-corrected chi connectivity index (χ0v) is 10.1. The Balaban J connectivity index is 2.82. The summed E-state index contributed by atoms with van der Waals surface area (Å²) in [5.41, 5.74) is 3.39. The molecule has 0 atom stereocenters. The highest BCUT2D eigenvalue weighted by Crippen LogP contribution is 2.19. The summed E-state index contributed by atoms with van der Waals surface area (Å²) in [4.78, 5) is 2.25. The van der Waals surface area contributed by atoms with E-state index in [1.807, 2.05) is 13.0 Å². The third kappa shape index (κ3) is 3.24. The number of rotatable bonds is 4. The number of anilines is 1. The van der Waals surface area contributed by atoms with E-state index < -0.39 is 0 Å². The summed E-state index contributed by atoms with van der Waals surface area (Å²) in [6.07, 6.45) is 0. The normalized spacial score (nSPS) is 10.8. The lowest BCUT2D eigenvalue weighted by Gasteiger charge is -2.22. The van der Waals surface area contributed by atoms with Gasteiger partial charge in [-0.3, -0.25) is 0 Å². The Morgan fingerprint density at radius 1 is 1.33 bits per heavy atom. The van der Waals surface area contributed by atoms with Gasteiger partial charge in [0.2, 0.25) is 0 Å². The first-order valence-electron chi connectivity index (χ1n) is 5.46. The van der Waals surface area contributed by atoms with Crippen molar-refractivity contribution in [2.75, 3.05) is 18.5 Å². The van der Waals surface area contributed by atoms with E-state index in [0.29, 0.717) is 5.92 Å². The zero-order valence-electron chi connectivity index (χ0n) is 10.1. The SMILES string of the molecule is Cc1cc(N(C)CC(C)C)ccc1CO. The van der Waals surface area contributed by atoms with E-state index >= 15 is 0 Å². The van der Waals surface area contributed by atoms with Crippen molar-refractivity contribution in [1.82, 2.24) is 0 Å². The lowest BCUT2D eigenvalue weighted by atomic mass is 10.1. The molecule has 1 aromatic rings. The fourth-order valence-electron chi connectivity index (χ4n) is 1.75. The molecule has 0 unspecified atom stereocenters. The van der Waals surface area contributed by atoms with Crippen molar-refractivity contribution in [3.8, 4) is 0 Å². The molecule has 0 aromatic heterocycles. The van der Waals surface area contributed by atoms with Gasteiger partial charge in [0.15, 0.2) is 0 Å². The van der Waals surface area contributed by atoms with Crippen molar-refractivity contribution in [3.05, 3.63) is 29.3 Å². The average Bonchev–Trinajstić information content (AvgIpc) is 2.16. The van der Waals surface area contributed by atoms with Crippen LogP contribution in [0.1, 0.15) is 25.0 Å². The van der Waals surface area contributed by atoms with E-state index in [0.717, 1.165) is 17.7 Å². The van der Waals surface area contributed by atoms with Gasteiger partial charge in [0, 0.05) is 19.3 Å². The van der Waals surface area contributed by atoms with Gasteiger partial charge in [-0.2, -0.15) is 0 Å². The van der Waals surface area contributed by atoms with Crippen LogP contribution < -0.4 is 4.90 Å². The number of aliphatic hydroxyl groups is 1. The quantitative estimate of drug-likeness (QED) is 0.820. The van der Waals surface area contributed by atoms with E-state index in [1.54, 1.807) is 0 Å². The Morgan fingerprint density at radius 3 is 2.47 bits per heavy atom. The van der Waals surface area contributed by atoms with Crippen molar-refractivity contribution in [2.45, 2.75) is 27.4 Å². The topological polar surface area (TPSA) is 23.5 Å². The Hall–Kier alpha value is -1.02. The summed E-state index contributed by atoms with van der Waals surface area (Å²) in [6, 6.07) is 6.20. The van der Waals surface area contributed by atoms with E-state index in [4.69, 9.17) is 5.11 Å². The van der Waals surface area contributed by atoms with Crippen LogP contribution in [0.15, 0.2) is 18.2 Å². The molecule has 0 heterocycles. The van der Waals surface area contributed by atoms with Crippen molar-refractivity contribution in [3.63, 3.8) is 0 Å². The van der Waals surface area contributed by atoms with Crippen molar-refractivity contribution < 1.29 is 5.11 Å². The zero-order chi connectivity index (χ0) is 11.4. The van der Waals surface area contributed by atoms with Crippen LogP contribution in [0.2, 0.25) is 0 Å². The molecule has 84 valence electrons. The number of aliphatic hydroxyl groups excluding tert-OH is 1. The van der Waals surface area contributed by atoms with Crippen molar-refractivity contribution in [2.24, 2.45) is 5.92 Å². The van der Waals surface area contributed by atoms with Crippen molar-refractivity contribution in [1.29, 1.82) is 0 Å².